The zero-order valence-corrected chi connectivity index (χ0v) is 16.4. The predicted octanol–water partition coefficient (Wildman–Crippen LogP) is 1.60. The van der Waals surface area contributed by atoms with Crippen molar-refractivity contribution in [2.24, 2.45) is 0 Å². The van der Waals surface area contributed by atoms with Gasteiger partial charge in [-0.3, -0.25) is 14.5 Å². The van der Waals surface area contributed by atoms with Gasteiger partial charge in [0.2, 0.25) is 5.91 Å². The zero-order chi connectivity index (χ0) is 20.4. The van der Waals surface area contributed by atoms with Crippen molar-refractivity contribution < 1.29 is 4.79 Å². The molecular weight excluding hydrogens is 368 g/mol. The molecule has 0 spiro atoms. The van der Waals surface area contributed by atoms with Gasteiger partial charge in [-0.2, -0.15) is 0 Å². The lowest BCUT2D eigenvalue weighted by Gasteiger charge is -2.36. The van der Waals surface area contributed by atoms with Crippen LogP contribution in [0.25, 0.3) is 10.9 Å². The molecule has 2 heterocycles. The van der Waals surface area contributed by atoms with E-state index in [1.54, 1.807) is 36.1 Å². The second kappa shape index (κ2) is 8.05. The van der Waals surface area contributed by atoms with E-state index in [0.29, 0.717) is 24.0 Å². The van der Waals surface area contributed by atoms with E-state index in [4.69, 9.17) is 0 Å². The molecule has 1 aliphatic heterocycles. The Labute approximate surface area is 168 Å². The molecule has 1 atom stereocenters. The van der Waals surface area contributed by atoms with Crippen LogP contribution in [0.4, 0.5) is 0 Å². The van der Waals surface area contributed by atoms with E-state index in [9.17, 15) is 14.4 Å². The summed E-state index contributed by atoms with van der Waals surface area (Å²) in [6, 6.07) is 16.2. The fraction of sp³-hybridized carbons (Fsp3) is 0.318. The van der Waals surface area contributed by atoms with Gasteiger partial charge in [0, 0.05) is 32.7 Å². The van der Waals surface area contributed by atoms with Crippen molar-refractivity contribution in [1.82, 2.24) is 19.4 Å². The Hall–Kier alpha value is -3.19. The number of nitrogens with one attached hydrogen (secondary N) is 1. The molecule has 7 nitrogen and oxygen atoms in total. The number of carbonyl (C=O) groups is 1. The van der Waals surface area contributed by atoms with Crippen LogP contribution in [0.15, 0.2) is 64.2 Å². The number of H-pyrrole nitrogens is 1. The van der Waals surface area contributed by atoms with E-state index in [2.05, 4.69) is 22.0 Å². The number of aromatic amines is 1. The second-order valence-electron chi connectivity index (χ2n) is 7.41. The number of fused-ring (bicyclic) bond motifs is 1. The quantitative estimate of drug-likeness (QED) is 0.732. The third-order valence-electron chi connectivity index (χ3n) is 5.51. The van der Waals surface area contributed by atoms with Gasteiger partial charge in [-0.25, -0.2) is 9.36 Å². The monoisotopic (exact) mass is 392 g/mol. The highest BCUT2D eigenvalue weighted by Gasteiger charge is 2.28. The van der Waals surface area contributed by atoms with Crippen LogP contribution in [-0.2, 0) is 11.3 Å². The molecule has 1 saturated heterocycles. The fourth-order valence-corrected chi connectivity index (χ4v) is 3.87. The number of rotatable bonds is 4. The smallest absolute Gasteiger partial charge is 0.329 e. The van der Waals surface area contributed by atoms with Crippen molar-refractivity contribution in [3.05, 3.63) is 81.0 Å². The SMILES string of the molecule is CC(C(=O)N1CCN(Cc2ccccc2)CC1)n1c(=O)[nH]c2ccccc2c1=O. The van der Waals surface area contributed by atoms with Crippen LogP contribution >= 0.6 is 0 Å². The molecule has 1 aliphatic rings. The van der Waals surface area contributed by atoms with Crippen molar-refractivity contribution >= 4 is 16.8 Å². The molecule has 29 heavy (non-hydrogen) atoms. The fourth-order valence-electron chi connectivity index (χ4n) is 3.87. The summed E-state index contributed by atoms with van der Waals surface area (Å²) in [7, 11) is 0. The van der Waals surface area contributed by atoms with Crippen LogP contribution < -0.4 is 11.2 Å². The van der Waals surface area contributed by atoms with Gasteiger partial charge in [0.15, 0.2) is 0 Å². The highest BCUT2D eigenvalue weighted by molar-refractivity contribution is 5.81. The Morgan fingerprint density at radius 2 is 1.62 bits per heavy atom. The van der Waals surface area contributed by atoms with Gasteiger partial charge in [0.05, 0.1) is 10.9 Å². The van der Waals surface area contributed by atoms with E-state index in [1.165, 1.54) is 5.56 Å². The van der Waals surface area contributed by atoms with Gasteiger partial charge in [-0.1, -0.05) is 42.5 Å². The zero-order valence-electron chi connectivity index (χ0n) is 16.4. The van der Waals surface area contributed by atoms with Crippen LogP contribution in [0.3, 0.4) is 0 Å². The molecular formula is C22H24N4O3. The number of hydrogen-bond acceptors (Lipinski definition) is 4. The Morgan fingerprint density at radius 1 is 0.966 bits per heavy atom. The molecule has 0 saturated carbocycles. The number of carbonyl (C=O) groups excluding carboxylic acids is 1. The van der Waals surface area contributed by atoms with Gasteiger partial charge in [0.1, 0.15) is 6.04 Å². The minimum absolute atomic E-state index is 0.202. The van der Waals surface area contributed by atoms with E-state index < -0.39 is 17.3 Å². The second-order valence-corrected chi connectivity index (χ2v) is 7.41. The van der Waals surface area contributed by atoms with E-state index >= 15 is 0 Å². The molecule has 1 fully saturated rings. The molecule has 1 amide bonds. The first-order valence-electron chi connectivity index (χ1n) is 9.83. The van der Waals surface area contributed by atoms with Crippen LogP contribution in [0, 0.1) is 0 Å². The highest BCUT2D eigenvalue weighted by atomic mass is 16.2. The Kier molecular flexibility index (Phi) is 5.31. The lowest BCUT2D eigenvalue weighted by Crippen LogP contribution is -2.52. The number of hydrogen-bond donors (Lipinski definition) is 1. The summed E-state index contributed by atoms with van der Waals surface area (Å²) >= 11 is 0. The number of amides is 1. The standard InChI is InChI=1S/C22H24N4O3/c1-16(26-21(28)18-9-5-6-10-19(18)23-22(26)29)20(27)25-13-11-24(12-14-25)15-17-7-3-2-4-8-17/h2-10,16H,11-15H2,1H3,(H,23,29). The first-order valence-corrected chi connectivity index (χ1v) is 9.83. The highest BCUT2D eigenvalue weighted by Crippen LogP contribution is 2.13. The van der Waals surface area contributed by atoms with Gasteiger partial charge in [0.25, 0.3) is 5.56 Å². The number of aromatic nitrogens is 2. The molecule has 2 aromatic carbocycles. The summed E-state index contributed by atoms with van der Waals surface area (Å²) < 4.78 is 1.03. The van der Waals surface area contributed by atoms with Crippen molar-refractivity contribution in [2.45, 2.75) is 19.5 Å². The molecule has 150 valence electrons. The molecule has 7 heteroatoms. The Balaban J connectivity index is 1.47. The molecule has 1 N–H and O–H groups in total. The van der Waals surface area contributed by atoms with Gasteiger partial charge in [-0.15, -0.1) is 0 Å². The average molecular weight is 392 g/mol. The van der Waals surface area contributed by atoms with Crippen molar-refractivity contribution in [3.8, 4) is 0 Å². The summed E-state index contributed by atoms with van der Waals surface area (Å²) in [5.74, 6) is -0.202. The Morgan fingerprint density at radius 3 is 2.34 bits per heavy atom. The lowest BCUT2D eigenvalue weighted by atomic mass is 10.2. The van der Waals surface area contributed by atoms with Gasteiger partial charge in [-0.05, 0) is 24.6 Å². The molecule has 1 unspecified atom stereocenters. The lowest BCUT2D eigenvalue weighted by molar-refractivity contribution is -0.136. The number of piperazine rings is 1. The van der Waals surface area contributed by atoms with Crippen molar-refractivity contribution in [2.75, 3.05) is 26.2 Å². The maximum atomic E-state index is 13.0. The summed E-state index contributed by atoms with van der Waals surface area (Å²) in [4.78, 5) is 45.0. The molecule has 0 radical (unpaired) electrons. The minimum Gasteiger partial charge on any atom is -0.338 e. The largest absolute Gasteiger partial charge is 0.338 e. The normalized spacial score (nSPS) is 16.1. The first-order chi connectivity index (χ1) is 14.0. The van der Waals surface area contributed by atoms with Crippen molar-refractivity contribution in [3.63, 3.8) is 0 Å². The summed E-state index contributed by atoms with van der Waals surface area (Å²) in [5, 5.41) is 0.402. The number of benzene rings is 2. The Bertz CT molecular complexity index is 1130. The topological polar surface area (TPSA) is 78.4 Å². The maximum Gasteiger partial charge on any atom is 0.329 e. The molecule has 3 aromatic rings. The van der Waals surface area contributed by atoms with Gasteiger partial charge < -0.3 is 9.88 Å². The third-order valence-corrected chi connectivity index (χ3v) is 5.51. The predicted molar refractivity (Wildman–Crippen MR) is 112 cm³/mol. The van der Waals surface area contributed by atoms with Crippen LogP contribution in [0.5, 0.6) is 0 Å². The molecule has 0 aliphatic carbocycles. The number of para-hydroxylation sites is 1. The molecule has 0 bridgehead atoms. The van der Waals surface area contributed by atoms with E-state index in [0.717, 1.165) is 24.2 Å². The van der Waals surface area contributed by atoms with Crippen LogP contribution in [0.2, 0.25) is 0 Å². The minimum atomic E-state index is -0.850. The van der Waals surface area contributed by atoms with Gasteiger partial charge >= 0.3 is 5.69 Å². The first kappa shape index (κ1) is 19.1. The van der Waals surface area contributed by atoms with Crippen molar-refractivity contribution in [1.29, 1.82) is 0 Å². The molecule has 1 aromatic heterocycles. The van der Waals surface area contributed by atoms with Crippen LogP contribution in [0.1, 0.15) is 18.5 Å². The van der Waals surface area contributed by atoms with E-state index in [1.807, 2.05) is 18.2 Å². The molecule has 4 rings (SSSR count). The number of nitrogens with zero attached hydrogens (tertiary/aromatic N) is 3. The summed E-state index contributed by atoms with van der Waals surface area (Å²) in [6.07, 6.45) is 0. The summed E-state index contributed by atoms with van der Waals surface area (Å²) in [5.41, 5.74) is 0.730. The maximum absolute atomic E-state index is 13.0. The summed E-state index contributed by atoms with van der Waals surface area (Å²) in [6.45, 7) is 5.14. The van der Waals surface area contributed by atoms with E-state index in [-0.39, 0.29) is 5.91 Å². The average Bonchev–Trinajstić information content (AvgIpc) is 2.74. The van der Waals surface area contributed by atoms with Crippen LogP contribution in [-0.4, -0.2) is 51.4 Å². The third kappa shape index (κ3) is 3.86.